The summed E-state index contributed by atoms with van der Waals surface area (Å²) < 4.78 is 5.93. The first-order valence-electron chi connectivity index (χ1n) is 10.6. The normalized spacial score (nSPS) is 51.6. The van der Waals surface area contributed by atoms with E-state index < -0.39 is 5.60 Å². The van der Waals surface area contributed by atoms with Crippen molar-refractivity contribution >= 4 is 5.97 Å². The lowest BCUT2D eigenvalue weighted by molar-refractivity contribution is -0.189. The van der Waals surface area contributed by atoms with Crippen molar-refractivity contribution < 1.29 is 19.7 Å². The summed E-state index contributed by atoms with van der Waals surface area (Å²) in [6.45, 7) is 6.22. The molecule has 27 heavy (non-hydrogen) atoms. The second-order valence-corrected chi connectivity index (χ2v) is 10.1. The highest BCUT2D eigenvalue weighted by Gasteiger charge is 2.66. The zero-order chi connectivity index (χ0) is 19.6. The van der Waals surface area contributed by atoms with Gasteiger partial charge in [-0.1, -0.05) is 25.5 Å². The summed E-state index contributed by atoms with van der Waals surface area (Å²) in [6.07, 6.45) is 7.71. The third kappa shape index (κ3) is 2.65. The molecule has 4 N–H and O–H groups in total. The Kier molecular flexibility index (Phi) is 4.53. The van der Waals surface area contributed by atoms with E-state index in [0.717, 1.165) is 38.5 Å². The van der Waals surface area contributed by atoms with E-state index in [-0.39, 0.29) is 41.5 Å². The van der Waals surface area contributed by atoms with Gasteiger partial charge in [-0.3, -0.25) is 4.79 Å². The first-order valence-corrected chi connectivity index (χ1v) is 10.6. The number of esters is 1. The van der Waals surface area contributed by atoms with Gasteiger partial charge in [0.05, 0.1) is 11.7 Å². The van der Waals surface area contributed by atoms with Crippen LogP contribution in [-0.4, -0.2) is 40.5 Å². The number of hydrogen-bond acceptors (Lipinski definition) is 5. The maximum atomic E-state index is 12.0. The van der Waals surface area contributed by atoms with Crippen LogP contribution in [-0.2, 0) is 9.53 Å². The number of aliphatic hydroxyl groups is 2. The van der Waals surface area contributed by atoms with Gasteiger partial charge in [0.2, 0.25) is 0 Å². The highest BCUT2D eigenvalue weighted by atomic mass is 16.5. The molecule has 0 spiro atoms. The first-order chi connectivity index (χ1) is 12.6. The van der Waals surface area contributed by atoms with E-state index in [4.69, 9.17) is 10.5 Å². The maximum absolute atomic E-state index is 12.0. The summed E-state index contributed by atoms with van der Waals surface area (Å²) in [5, 5.41) is 21.5. The number of hydrogen-bond donors (Lipinski definition) is 3. The van der Waals surface area contributed by atoms with Gasteiger partial charge < -0.3 is 20.7 Å². The first kappa shape index (κ1) is 19.4. The molecule has 4 aliphatic carbocycles. The minimum absolute atomic E-state index is 0.0347. The van der Waals surface area contributed by atoms with Gasteiger partial charge in [0.15, 0.2) is 0 Å². The summed E-state index contributed by atoms with van der Waals surface area (Å²) in [6, 6.07) is 0. The monoisotopic (exact) mass is 377 g/mol. The topological polar surface area (TPSA) is 92.8 Å². The molecule has 1 unspecified atom stereocenters. The van der Waals surface area contributed by atoms with Gasteiger partial charge in [-0.25, -0.2) is 0 Å². The molecular formula is C22H35NO4. The van der Waals surface area contributed by atoms with Crippen LogP contribution in [0.5, 0.6) is 0 Å². The van der Waals surface area contributed by atoms with Crippen molar-refractivity contribution in [1.29, 1.82) is 0 Å². The standard InChI is InChI=1S/C22H35NO4/c1-13(24)27-18-11-21(3)17(7-9-22(21,26)12-23)16-5-4-14-10-15(25)6-8-20(14,2)19(16)18/h4,15-19,25-26H,5-12,23H2,1-3H3/t15-,16-,17-,18-,19+,20-,21-,22?/m0/s1. The molecule has 4 aliphatic rings. The second-order valence-electron chi connectivity index (χ2n) is 10.1. The van der Waals surface area contributed by atoms with Gasteiger partial charge in [0, 0.05) is 24.8 Å². The fourth-order valence-electron chi connectivity index (χ4n) is 7.49. The van der Waals surface area contributed by atoms with Crippen LogP contribution in [0.15, 0.2) is 11.6 Å². The van der Waals surface area contributed by atoms with E-state index in [9.17, 15) is 15.0 Å². The molecule has 0 aromatic rings. The Morgan fingerprint density at radius 2 is 2.07 bits per heavy atom. The van der Waals surface area contributed by atoms with Crippen molar-refractivity contribution in [1.82, 2.24) is 0 Å². The van der Waals surface area contributed by atoms with Gasteiger partial charge in [-0.15, -0.1) is 0 Å². The predicted molar refractivity (Wildman–Crippen MR) is 103 cm³/mol. The summed E-state index contributed by atoms with van der Waals surface area (Å²) in [5.41, 5.74) is 6.13. The number of carbonyl (C=O) groups is 1. The summed E-state index contributed by atoms with van der Waals surface area (Å²) in [5.74, 6) is 0.791. The van der Waals surface area contributed by atoms with E-state index in [1.54, 1.807) is 0 Å². The highest BCUT2D eigenvalue weighted by molar-refractivity contribution is 5.66. The van der Waals surface area contributed by atoms with E-state index in [0.29, 0.717) is 18.3 Å². The van der Waals surface area contributed by atoms with Crippen molar-refractivity contribution in [2.75, 3.05) is 6.54 Å². The Labute approximate surface area is 162 Å². The van der Waals surface area contributed by atoms with Gasteiger partial charge in [0.1, 0.15) is 6.10 Å². The number of aliphatic hydroxyl groups excluding tert-OH is 1. The van der Waals surface area contributed by atoms with Crippen molar-refractivity contribution in [3.63, 3.8) is 0 Å². The molecule has 0 aliphatic heterocycles. The molecule has 3 fully saturated rings. The Bertz CT molecular complexity index is 663. The second kappa shape index (κ2) is 6.30. The zero-order valence-corrected chi connectivity index (χ0v) is 16.9. The average molecular weight is 378 g/mol. The van der Waals surface area contributed by atoms with Crippen LogP contribution < -0.4 is 5.73 Å². The number of rotatable bonds is 2. The Balaban J connectivity index is 1.77. The highest BCUT2D eigenvalue weighted by Crippen LogP contribution is 2.67. The molecule has 4 rings (SSSR count). The van der Waals surface area contributed by atoms with Crippen molar-refractivity contribution in [2.24, 2.45) is 34.3 Å². The molecule has 0 heterocycles. The average Bonchev–Trinajstić information content (AvgIpc) is 2.86. The van der Waals surface area contributed by atoms with E-state index in [1.165, 1.54) is 12.5 Å². The lowest BCUT2D eigenvalue weighted by Gasteiger charge is -2.61. The minimum atomic E-state index is -0.880. The Morgan fingerprint density at radius 1 is 1.33 bits per heavy atom. The van der Waals surface area contributed by atoms with Gasteiger partial charge in [-0.2, -0.15) is 0 Å². The molecule has 0 aromatic carbocycles. The fourth-order valence-corrected chi connectivity index (χ4v) is 7.49. The van der Waals surface area contributed by atoms with Gasteiger partial charge >= 0.3 is 5.97 Å². The third-order valence-electron chi connectivity index (χ3n) is 8.97. The molecule has 0 amide bonds. The predicted octanol–water partition coefficient (Wildman–Crippen LogP) is 2.54. The fraction of sp³-hybridized carbons (Fsp3) is 0.864. The SMILES string of the molecule is CC(=O)O[C@H]1C[C@@]2(C)[C@@H](CCC2(O)CN)[C@@H]2CC=C3C[C@@H](O)CC[C@]3(C)[C@H]21. The summed E-state index contributed by atoms with van der Waals surface area (Å²) in [7, 11) is 0. The lowest BCUT2D eigenvalue weighted by Crippen LogP contribution is -2.61. The van der Waals surface area contributed by atoms with Crippen LogP contribution in [0.4, 0.5) is 0 Å². The van der Waals surface area contributed by atoms with Crippen molar-refractivity contribution in [3.05, 3.63) is 11.6 Å². The quantitative estimate of drug-likeness (QED) is 0.508. The lowest BCUT2D eigenvalue weighted by atomic mass is 9.46. The molecule has 0 radical (unpaired) electrons. The molecule has 5 heteroatoms. The molecule has 0 aromatic heterocycles. The molecule has 8 atom stereocenters. The van der Waals surface area contributed by atoms with Gasteiger partial charge in [0.25, 0.3) is 0 Å². The van der Waals surface area contributed by atoms with E-state index in [1.807, 2.05) is 0 Å². The minimum Gasteiger partial charge on any atom is -0.462 e. The van der Waals surface area contributed by atoms with E-state index in [2.05, 4.69) is 19.9 Å². The summed E-state index contributed by atoms with van der Waals surface area (Å²) in [4.78, 5) is 12.0. The van der Waals surface area contributed by atoms with Gasteiger partial charge in [-0.05, 0) is 62.2 Å². The number of allylic oxidation sites excluding steroid dienone is 1. The van der Waals surface area contributed by atoms with Crippen LogP contribution >= 0.6 is 0 Å². The van der Waals surface area contributed by atoms with Crippen LogP contribution in [0.3, 0.4) is 0 Å². The molecule has 152 valence electrons. The molecular weight excluding hydrogens is 342 g/mol. The molecule has 3 saturated carbocycles. The number of ether oxygens (including phenoxy) is 1. The largest absolute Gasteiger partial charge is 0.462 e. The smallest absolute Gasteiger partial charge is 0.302 e. The van der Waals surface area contributed by atoms with E-state index >= 15 is 0 Å². The third-order valence-corrected chi connectivity index (χ3v) is 8.97. The van der Waals surface area contributed by atoms with Crippen molar-refractivity contribution in [3.8, 4) is 0 Å². The van der Waals surface area contributed by atoms with Crippen molar-refractivity contribution in [2.45, 2.75) is 83.5 Å². The molecule has 5 nitrogen and oxygen atoms in total. The van der Waals surface area contributed by atoms with Crippen LogP contribution in [0.1, 0.15) is 65.7 Å². The number of nitrogens with two attached hydrogens (primary N) is 1. The summed E-state index contributed by atoms with van der Waals surface area (Å²) >= 11 is 0. The molecule has 0 bridgehead atoms. The Morgan fingerprint density at radius 3 is 2.74 bits per heavy atom. The van der Waals surface area contributed by atoms with Crippen LogP contribution in [0, 0.1) is 28.6 Å². The van der Waals surface area contributed by atoms with Crippen LogP contribution in [0.25, 0.3) is 0 Å². The number of fused-ring (bicyclic) bond motifs is 5. The molecule has 0 saturated heterocycles. The number of carbonyl (C=O) groups excluding carboxylic acids is 1. The maximum Gasteiger partial charge on any atom is 0.302 e. The zero-order valence-electron chi connectivity index (χ0n) is 16.9. The Hall–Kier alpha value is -0.910. The van der Waals surface area contributed by atoms with Crippen LogP contribution in [0.2, 0.25) is 0 Å².